The van der Waals surface area contributed by atoms with Crippen LogP contribution >= 0.6 is 0 Å². The van der Waals surface area contributed by atoms with Crippen molar-refractivity contribution in [3.05, 3.63) is 72.2 Å². The summed E-state index contributed by atoms with van der Waals surface area (Å²) in [6.07, 6.45) is 1.63. The zero-order valence-corrected chi connectivity index (χ0v) is 12.5. The van der Waals surface area contributed by atoms with Gasteiger partial charge in [-0.1, -0.05) is 18.2 Å². The number of hydrogen-bond donors (Lipinski definition) is 3. The summed E-state index contributed by atoms with van der Waals surface area (Å²) in [4.78, 5) is 13.1. The number of amidine groups is 1. The van der Waals surface area contributed by atoms with E-state index in [9.17, 15) is 4.39 Å². The Morgan fingerprint density at radius 2 is 1.71 bits per heavy atom. The molecule has 118 valence electrons. The highest BCUT2D eigenvalue weighted by Crippen LogP contribution is 2.26. The second kappa shape index (κ2) is 5.96. The number of halogens is 1. The van der Waals surface area contributed by atoms with Crippen molar-refractivity contribution in [2.24, 2.45) is 4.99 Å². The molecule has 0 aliphatic carbocycles. The summed E-state index contributed by atoms with van der Waals surface area (Å²) in [7, 11) is 0. The average Bonchev–Trinajstić information content (AvgIpc) is 2.63. The molecule has 0 unspecified atom stereocenters. The lowest BCUT2D eigenvalue weighted by Crippen LogP contribution is -2.33. The number of fused-ring (bicyclic) bond motifs is 1. The molecular formula is C17H13FN6. The molecule has 1 aromatic heterocycles. The largest absolute Gasteiger partial charge is 0.324 e. The van der Waals surface area contributed by atoms with Crippen molar-refractivity contribution in [1.29, 1.82) is 0 Å². The van der Waals surface area contributed by atoms with E-state index >= 15 is 0 Å². The van der Waals surface area contributed by atoms with Gasteiger partial charge in [0.2, 0.25) is 5.95 Å². The normalized spacial score (nSPS) is 12.5. The van der Waals surface area contributed by atoms with E-state index < -0.39 is 0 Å². The molecule has 0 amide bonds. The van der Waals surface area contributed by atoms with Crippen molar-refractivity contribution in [2.45, 2.75) is 0 Å². The first kappa shape index (κ1) is 14.1. The Balaban J connectivity index is 1.60. The predicted octanol–water partition coefficient (Wildman–Crippen LogP) is 3.37. The molecule has 0 saturated heterocycles. The van der Waals surface area contributed by atoms with Crippen LogP contribution in [0.2, 0.25) is 0 Å². The number of aromatic nitrogens is 2. The monoisotopic (exact) mass is 320 g/mol. The lowest BCUT2D eigenvalue weighted by Gasteiger charge is -2.19. The fraction of sp³-hybridized carbons (Fsp3) is 0. The minimum absolute atomic E-state index is 0.288. The van der Waals surface area contributed by atoms with Gasteiger partial charge in [0.15, 0.2) is 11.7 Å². The van der Waals surface area contributed by atoms with Crippen molar-refractivity contribution in [1.82, 2.24) is 15.4 Å². The van der Waals surface area contributed by atoms with Gasteiger partial charge in [0.25, 0.3) is 0 Å². The maximum atomic E-state index is 13.0. The summed E-state index contributed by atoms with van der Waals surface area (Å²) in [5.74, 6) is 1.32. The van der Waals surface area contributed by atoms with E-state index in [1.807, 2.05) is 30.3 Å². The Morgan fingerprint density at radius 3 is 2.50 bits per heavy atom. The van der Waals surface area contributed by atoms with Gasteiger partial charge in [-0.05, 0) is 36.4 Å². The molecule has 0 radical (unpaired) electrons. The van der Waals surface area contributed by atoms with Gasteiger partial charge < -0.3 is 5.32 Å². The highest BCUT2D eigenvalue weighted by atomic mass is 19.1. The molecule has 2 heterocycles. The minimum Gasteiger partial charge on any atom is -0.324 e. The molecule has 0 bridgehead atoms. The van der Waals surface area contributed by atoms with Crippen molar-refractivity contribution < 1.29 is 4.39 Å². The zero-order valence-electron chi connectivity index (χ0n) is 12.5. The fourth-order valence-corrected chi connectivity index (χ4v) is 2.27. The van der Waals surface area contributed by atoms with Crippen LogP contribution in [0.5, 0.6) is 0 Å². The molecule has 24 heavy (non-hydrogen) atoms. The van der Waals surface area contributed by atoms with Gasteiger partial charge in [-0.2, -0.15) is 4.98 Å². The number of hydrazine groups is 1. The van der Waals surface area contributed by atoms with Crippen molar-refractivity contribution >= 4 is 29.0 Å². The van der Waals surface area contributed by atoms with Crippen LogP contribution in [-0.4, -0.2) is 15.8 Å². The van der Waals surface area contributed by atoms with E-state index in [1.54, 1.807) is 18.3 Å². The number of nitrogens with zero attached hydrogens (tertiary/aromatic N) is 3. The minimum atomic E-state index is -0.288. The topological polar surface area (TPSA) is 74.2 Å². The molecule has 0 fully saturated rings. The Morgan fingerprint density at radius 1 is 0.917 bits per heavy atom. The first-order valence-corrected chi connectivity index (χ1v) is 7.34. The van der Waals surface area contributed by atoms with Crippen LogP contribution in [0.4, 0.5) is 27.5 Å². The molecule has 3 aromatic rings. The highest BCUT2D eigenvalue weighted by molar-refractivity contribution is 6.03. The third-order valence-electron chi connectivity index (χ3n) is 3.45. The van der Waals surface area contributed by atoms with Crippen molar-refractivity contribution in [2.75, 3.05) is 10.7 Å². The van der Waals surface area contributed by atoms with Crippen LogP contribution in [0.1, 0.15) is 5.56 Å². The second-order valence-electron chi connectivity index (χ2n) is 5.14. The molecule has 0 spiro atoms. The molecule has 1 aliphatic heterocycles. The third-order valence-corrected chi connectivity index (χ3v) is 3.45. The summed E-state index contributed by atoms with van der Waals surface area (Å²) < 4.78 is 13.0. The fourth-order valence-electron chi connectivity index (χ4n) is 2.27. The third kappa shape index (κ3) is 2.87. The van der Waals surface area contributed by atoms with Crippen LogP contribution in [0.25, 0.3) is 0 Å². The molecular weight excluding hydrogens is 307 g/mol. The molecule has 7 heteroatoms. The maximum absolute atomic E-state index is 13.0. The molecule has 0 saturated carbocycles. The molecule has 1 aliphatic rings. The number of aliphatic imine (C=N–C) groups is 1. The van der Waals surface area contributed by atoms with Crippen LogP contribution in [0.3, 0.4) is 0 Å². The quantitative estimate of drug-likeness (QED) is 0.690. The second-order valence-corrected chi connectivity index (χ2v) is 5.14. The SMILES string of the molecule is Fc1ccc(C2=Nc3cnc(Nc4ccccc4)nc3NN2)cc1. The van der Waals surface area contributed by atoms with Gasteiger partial charge in [0.05, 0.1) is 6.20 Å². The van der Waals surface area contributed by atoms with Crippen molar-refractivity contribution in [3.63, 3.8) is 0 Å². The van der Waals surface area contributed by atoms with Gasteiger partial charge in [-0.25, -0.2) is 14.4 Å². The standard InChI is InChI=1S/C17H13FN6/c18-12-8-6-11(7-9-12)15-21-14-10-19-17(22-16(14)24-23-15)20-13-4-2-1-3-5-13/h1-10H,(H,21,23)(H2,19,20,22,24). The van der Waals surface area contributed by atoms with E-state index in [0.717, 1.165) is 11.3 Å². The van der Waals surface area contributed by atoms with E-state index in [0.29, 0.717) is 23.3 Å². The van der Waals surface area contributed by atoms with Crippen molar-refractivity contribution in [3.8, 4) is 0 Å². The van der Waals surface area contributed by atoms with Crippen LogP contribution in [0, 0.1) is 5.82 Å². The molecule has 3 N–H and O–H groups in total. The number of nitrogens with one attached hydrogen (secondary N) is 3. The molecule has 2 aromatic carbocycles. The van der Waals surface area contributed by atoms with E-state index in [1.165, 1.54) is 12.1 Å². The lowest BCUT2D eigenvalue weighted by atomic mass is 10.2. The number of benzene rings is 2. The summed E-state index contributed by atoms with van der Waals surface area (Å²) in [6.45, 7) is 0. The lowest BCUT2D eigenvalue weighted by molar-refractivity contribution is 0.627. The Labute approximate surface area is 137 Å². The van der Waals surface area contributed by atoms with Crippen LogP contribution in [0.15, 0.2) is 65.8 Å². The highest BCUT2D eigenvalue weighted by Gasteiger charge is 2.15. The number of para-hydroxylation sites is 1. The number of hydrogen-bond acceptors (Lipinski definition) is 6. The predicted molar refractivity (Wildman–Crippen MR) is 91.1 cm³/mol. The summed E-state index contributed by atoms with van der Waals surface area (Å²) in [5, 5.41) is 3.12. The van der Waals surface area contributed by atoms with Crippen LogP contribution in [-0.2, 0) is 0 Å². The Kier molecular flexibility index (Phi) is 3.51. The molecule has 0 atom stereocenters. The summed E-state index contributed by atoms with van der Waals surface area (Å²) >= 11 is 0. The molecule has 6 nitrogen and oxygen atoms in total. The average molecular weight is 320 g/mol. The number of anilines is 3. The maximum Gasteiger partial charge on any atom is 0.229 e. The summed E-state index contributed by atoms with van der Waals surface area (Å²) in [5.41, 5.74) is 8.22. The number of rotatable bonds is 3. The summed E-state index contributed by atoms with van der Waals surface area (Å²) in [6, 6.07) is 15.7. The van der Waals surface area contributed by atoms with E-state index in [-0.39, 0.29) is 5.82 Å². The van der Waals surface area contributed by atoms with E-state index in [2.05, 4.69) is 31.1 Å². The Bertz CT molecular complexity index is 893. The van der Waals surface area contributed by atoms with E-state index in [4.69, 9.17) is 0 Å². The zero-order chi connectivity index (χ0) is 16.4. The van der Waals surface area contributed by atoms with Crippen LogP contribution < -0.4 is 16.2 Å². The van der Waals surface area contributed by atoms with Gasteiger partial charge >= 0.3 is 0 Å². The first-order valence-electron chi connectivity index (χ1n) is 7.34. The Hall–Kier alpha value is -3.48. The van der Waals surface area contributed by atoms with Gasteiger partial charge in [-0.3, -0.25) is 10.9 Å². The van der Waals surface area contributed by atoms with Gasteiger partial charge in [0, 0.05) is 11.3 Å². The molecule has 4 rings (SSSR count). The first-order chi connectivity index (χ1) is 11.8. The smallest absolute Gasteiger partial charge is 0.229 e. The van der Waals surface area contributed by atoms with Gasteiger partial charge in [-0.15, -0.1) is 0 Å². The van der Waals surface area contributed by atoms with Gasteiger partial charge in [0.1, 0.15) is 11.5 Å².